The first kappa shape index (κ1) is 14.1. The van der Waals surface area contributed by atoms with Gasteiger partial charge in [0.1, 0.15) is 0 Å². The molecular weight excluding hydrogens is 248 g/mol. The van der Waals surface area contributed by atoms with Crippen LogP contribution in [0.5, 0.6) is 0 Å². The molecule has 0 aliphatic carbocycles. The van der Waals surface area contributed by atoms with E-state index in [1.54, 1.807) is 0 Å². The third-order valence-electron chi connectivity index (χ3n) is 4.67. The van der Waals surface area contributed by atoms with Gasteiger partial charge in [-0.15, -0.1) is 0 Å². The lowest BCUT2D eigenvalue weighted by atomic mass is 10.00. The molecule has 3 unspecified atom stereocenters. The van der Waals surface area contributed by atoms with Crippen LogP contribution in [-0.2, 0) is 4.74 Å². The second kappa shape index (κ2) is 6.70. The predicted molar refractivity (Wildman–Crippen MR) is 81.8 cm³/mol. The topological polar surface area (TPSA) is 24.5 Å². The number of hydrogen-bond donors (Lipinski definition) is 1. The zero-order valence-electron chi connectivity index (χ0n) is 12.4. The number of nitrogens with one attached hydrogen (secondary N) is 1. The molecule has 110 valence electrons. The predicted octanol–water partition coefficient (Wildman–Crippen LogP) is 2.59. The molecule has 0 aromatic heterocycles. The highest BCUT2D eigenvalue weighted by atomic mass is 16.5. The lowest BCUT2D eigenvalue weighted by molar-refractivity contribution is 0.0381. The van der Waals surface area contributed by atoms with Gasteiger partial charge in [0, 0.05) is 38.3 Å². The molecular formula is C17H26N2O. The number of hydrogen-bond acceptors (Lipinski definition) is 3. The van der Waals surface area contributed by atoms with Crippen LogP contribution in [0.1, 0.15) is 37.8 Å². The fourth-order valence-corrected chi connectivity index (χ4v) is 3.44. The number of rotatable bonds is 4. The molecule has 2 aliphatic rings. The minimum Gasteiger partial charge on any atom is -0.377 e. The molecule has 2 fully saturated rings. The van der Waals surface area contributed by atoms with E-state index in [9.17, 15) is 0 Å². The van der Waals surface area contributed by atoms with Gasteiger partial charge in [-0.3, -0.25) is 4.90 Å². The second-order valence-corrected chi connectivity index (χ2v) is 6.02. The smallest absolute Gasteiger partial charge is 0.0702 e. The summed E-state index contributed by atoms with van der Waals surface area (Å²) >= 11 is 0. The maximum absolute atomic E-state index is 5.83. The van der Waals surface area contributed by atoms with Crippen LogP contribution in [0.15, 0.2) is 30.3 Å². The van der Waals surface area contributed by atoms with Crippen molar-refractivity contribution in [2.24, 2.45) is 0 Å². The van der Waals surface area contributed by atoms with Gasteiger partial charge < -0.3 is 10.1 Å². The highest BCUT2D eigenvalue weighted by Crippen LogP contribution is 2.23. The van der Waals surface area contributed by atoms with Crippen molar-refractivity contribution < 1.29 is 4.74 Å². The van der Waals surface area contributed by atoms with Crippen LogP contribution in [0, 0.1) is 0 Å². The lowest BCUT2D eigenvalue weighted by Crippen LogP contribution is -2.54. The molecule has 0 spiro atoms. The summed E-state index contributed by atoms with van der Waals surface area (Å²) in [6.45, 7) is 6.53. The van der Waals surface area contributed by atoms with Gasteiger partial charge in [0.2, 0.25) is 0 Å². The molecule has 3 nitrogen and oxygen atoms in total. The van der Waals surface area contributed by atoms with Crippen molar-refractivity contribution in [3.05, 3.63) is 35.9 Å². The van der Waals surface area contributed by atoms with Crippen LogP contribution in [0.25, 0.3) is 0 Å². The Kier molecular flexibility index (Phi) is 4.71. The van der Waals surface area contributed by atoms with Gasteiger partial charge in [-0.25, -0.2) is 0 Å². The Labute approximate surface area is 122 Å². The van der Waals surface area contributed by atoms with E-state index >= 15 is 0 Å². The van der Waals surface area contributed by atoms with E-state index in [1.165, 1.54) is 24.8 Å². The first-order valence-corrected chi connectivity index (χ1v) is 8.00. The Hall–Kier alpha value is -0.900. The van der Waals surface area contributed by atoms with Gasteiger partial charge in [0.25, 0.3) is 0 Å². The van der Waals surface area contributed by atoms with Crippen molar-refractivity contribution in [1.82, 2.24) is 10.2 Å². The van der Waals surface area contributed by atoms with Gasteiger partial charge in [-0.05, 0) is 24.8 Å². The molecule has 2 aliphatic heterocycles. The first-order chi connectivity index (χ1) is 9.86. The molecule has 1 aromatic carbocycles. The van der Waals surface area contributed by atoms with E-state index in [0.717, 1.165) is 26.2 Å². The van der Waals surface area contributed by atoms with Gasteiger partial charge in [-0.2, -0.15) is 0 Å². The van der Waals surface area contributed by atoms with Crippen LogP contribution >= 0.6 is 0 Å². The second-order valence-electron chi connectivity index (χ2n) is 6.02. The quantitative estimate of drug-likeness (QED) is 0.913. The number of nitrogens with zero attached hydrogens (tertiary/aromatic N) is 1. The van der Waals surface area contributed by atoms with Gasteiger partial charge in [-0.1, -0.05) is 37.3 Å². The van der Waals surface area contributed by atoms with E-state index in [4.69, 9.17) is 4.74 Å². The monoisotopic (exact) mass is 274 g/mol. The third-order valence-corrected chi connectivity index (χ3v) is 4.67. The molecule has 20 heavy (non-hydrogen) atoms. The summed E-state index contributed by atoms with van der Waals surface area (Å²) < 4.78 is 5.83. The summed E-state index contributed by atoms with van der Waals surface area (Å²) in [7, 11) is 0. The van der Waals surface area contributed by atoms with E-state index in [1.807, 2.05) is 0 Å². The molecule has 3 heteroatoms. The van der Waals surface area contributed by atoms with Crippen molar-refractivity contribution in [3.8, 4) is 0 Å². The number of benzene rings is 1. The molecule has 1 N–H and O–H groups in total. The average molecular weight is 274 g/mol. The summed E-state index contributed by atoms with van der Waals surface area (Å²) in [6, 6.07) is 11.9. The SMILES string of the molecule is CCC1CNC(c2ccccc2)CN1CC1CCCO1. The van der Waals surface area contributed by atoms with Crippen LogP contribution in [0.3, 0.4) is 0 Å². The Bertz CT molecular complexity index is 403. The average Bonchev–Trinajstić information content (AvgIpc) is 3.01. The minimum atomic E-state index is 0.457. The Balaban J connectivity index is 1.65. The van der Waals surface area contributed by atoms with Crippen LogP contribution in [-0.4, -0.2) is 43.3 Å². The summed E-state index contributed by atoms with van der Waals surface area (Å²) in [6.07, 6.45) is 4.13. The molecule has 0 radical (unpaired) electrons. The zero-order valence-corrected chi connectivity index (χ0v) is 12.4. The van der Waals surface area contributed by atoms with Crippen LogP contribution in [0.2, 0.25) is 0 Å². The molecule has 3 atom stereocenters. The molecule has 0 bridgehead atoms. The number of ether oxygens (including phenoxy) is 1. The lowest BCUT2D eigenvalue weighted by Gasteiger charge is -2.41. The van der Waals surface area contributed by atoms with E-state index in [2.05, 4.69) is 47.5 Å². The van der Waals surface area contributed by atoms with Crippen molar-refractivity contribution >= 4 is 0 Å². The van der Waals surface area contributed by atoms with Gasteiger partial charge in [0.15, 0.2) is 0 Å². The van der Waals surface area contributed by atoms with Crippen molar-refractivity contribution in [3.63, 3.8) is 0 Å². The maximum atomic E-state index is 5.83. The maximum Gasteiger partial charge on any atom is 0.0702 e. The van der Waals surface area contributed by atoms with Crippen LogP contribution in [0.4, 0.5) is 0 Å². The van der Waals surface area contributed by atoms with Crippen molar-refractivity contribution in [2.75, 3.05) is 26.2 Å². The number of piperazine rings is 1. The molecule has 1 aromatic rings. The zero-order chi connectivity index (χ0) is 13.8. The minimum absolute atomic E-state index is 0.457. The summed E-state index contributed by atoms with van der Waals surface area (Å²) in [4.78, 5) is 2.64. The molecule has 2 saturated heterocycles. The highest BCUT2D eigenvalue weighted by molar-refractivity contribution is 5.20. The fraction of sp³-hybridized carbons (Fsp3) is 0.647. The van der Waals surface area contributed by atoms with Crippen molar-refractivity contribution in [1.29, 1.82) is 0 Å². The first-order valence-electron chi connectivity index (χ1n) is 8.00. The van der Waals surface area contributed by atoms with E-state index in [0.29, 0.717) is 18.2 Å². The van der Waals surface area contributed by atoms with Gasteiger partial charge >= 0.3 is 0 Å². The Morgan fingerprint density at radius 2 is 2.15 bits per heavy atom. The normalized spacial score (nSPS) is 31.6. The standard InChI is InChI=1S/C17H26N2O/c1-2-15-11-18-17(14-7-4-3-5-8-14)13-19(15)12-16-9-6-10-20-16/h3-5,7-8,15-18H,2,6,9-13H2,1H3. The Morgan fingerprint density at radius 1 is 1.30 bits per heavy atom. The summed E-state index contributed by atoms with van der Waals surface area (Å²) in [5.41, 5.74) is 1.40. The molecule has 0 saturated carbocycles. The Morgan fingerprint density at radius 3 is 2.85 bits per heavy atom. The van der Waals surface area contributed by atoms with Crippen molar-refractivity contribution in [2.45, 2.75) is 44.4 Å². The fourth-order valence-electron chi connectivity index (χ4n) is 3.44. The summed E-state index contributed by atoms with van der Waals surface area (Å²) in [5.74, 6) is 0. The summed E-state index contributed by atoms with van der Waals surface area (Å²) in [5, 5.41) is 3.71. The molecule has 0 amide bonds. The largest absolute Gasteiger partial charge is 0.377 e. The van der Waals surface area contributed by atoms with Gasteiger partial charge in [0.05, 0.1) is 6.10 Å². The molecule has 2 heterocycles. The third kappa shape index (κ3) is 3.22. The van der Waals surface area contributed by atoms with E-state index < -0.39 is 0 Å². The molecule has 3 rings (SSSR count). The highest BCUT2D eigenvalue weighted by Gasteiger charge is 2.30. The van der Waals surface area contributed by atoms with Crippen LogP contribution < -0.4 is 5.32 Å². The van der Waals surface area contributed by atoms with E-state index in [-0.39, 0.29) is 0 Å².